The molecule has 1 aromatic carbocycles. The molecular weight excluding hydrogens is 316 g/mol. The molecule has 23 heavy (non-hydrogen) atoms. The maximum absolute atomic E-state index is 12.4. The van der Waals surface area contributed by atoms with Crippen LogP contribution in [0.3, 0.4) is 0 Å². The molecule has 1 atom stereocenters. The maximum atomic E-state index is 12.4. The van der Waals surface area contributed by atoms with Crippen molar-refractivity contribution in [1.29, 1.82) is 0 Å². The first-order chi connectivity index (χ1) is 11.0. The fraction of sp³-hybridized carbons (Fsp3) is 0.562. The smallest absolute Gasteiger partial charge is 0.337 e. The van der Waals surface area contributed by atoms with Gasteiger partial charge in [0.05, 0.1) is 17.6 Å². The number of hydrogen-bond donors (Lipinski definition) is 1. The van der Waals surface area contributed by atoms with Crippen LogP contribution in [0.4, 0.5) is 0 Å². The van der Waals surface area contributed by atoms with Gasteiger partial charge in [-0.2, -0.15) is 0 Å². The molecule has 128 valence electrons. The lowest BCUT2D eigenvalue weighted by Gasteiger charge is -2.26. The van der Waals surface area contributed by atoms with Gasteiger partial charge in [-0.15, -0.1) is 0 Å². The van der Waals surface area contributed by atoms with Gasteiger partial charge in [0, 0.05) is 12.6 Å². The zero-order valence-corrected chi connectivity index (χ0v) is 14.4. The zero-order valence-electron chi connectivity index (χ0n) is 13.6. The van der Waals surface area contributed by atoms with E-state index in [1.54, 1.807) is 6.07 Å². The highest BCUT2D eigenvalue weighted by atomic mass is 32.2. The number of likely N-dealkylation sites (tertiary alicyclic amines) is 1. The average Bonchev–Trinajstić information content (AvgIpc) is 3.09. The van der Waals surface area contributed by atoms with Crippen LogP contribution < -0.4 is 4.72 Å². The van der Waals surface area contributed by atoms with E-state index in [0.29, 0.717) is 6.54 Å². The second-order valence-electron chi connectivity index (χ2n) is 5.68. The van der Waals surface area contributed by atoms with E-state index in [4.69, 9.17) is 0 Å². The number of carbonyl (C=O) groups is 1. The van der Waals surface area contributed by atoms with E-state index in [0.717, 1.165) is 19.5 Å². The Hall–Kier alpha value is -1.44. The monoisotopic (exact) mass is 340 g/mol. The highest BCUT2D eigenvalue weighted by molar-refractivity contribution is 7.89. The molecule has 1 aliphatic rings. The maximum Gasteiger partial charge on any atom is 0.337 e. The van der Waals surface area contributed by atoms with Crippen molar-refractivity contribution in [2.75, 3.05) is 26.7 Å². The molecule has 2 rings (SSSR count). The third-order valence-electron chi connectivity index (χ3n) is 4.20. The second kappa shape index (κ2) is 7.90. The molecule has 1 N–H and O–H groups in total. The summed E-state index contributed by atoms with van der Waals surface area (Å²) in [5, 5.41) is 0. The summed E-state index contributed by atoms with van der Waals surface area (Å²) in [6.07, 6.45) is 3.24. The Bertz CT molecular complexity index is 639. The summed E-state index contributed by atoms with van der Waals surface area (Å²) in [6.45, 7) is 4.49. The zero-order chi connectivity index (χ0) is 16.9. The number of nitrogens with zero attached hydrogens (tertiary/aromatic N) is 1. The van der Waals surface area contributed by atoms with Crippen LogP contribution in [0.1, 0.15) is 36.5 Å². The Morgan fingerprint density at radius 3 is 2.65 bits per heavy atom. The SMILES string of the molecule is CC[C@H](CNS(=O)(=O)c1cccc(C(=O)OC)c1)N1CCCC1. The Morgan fingerprint density at radius 1 is 1.35 bits per heavy atom. The van der Waals surface area contributed by atoms with Gasteiger partial charge in [-0.3, -0.25) is 4.90 Å². The molecule has 1 heterocycles. The summed E-state index contributed by atoms with van der Waals surface area (Å²) in [5.74, 6) is -0.550. The standard InChI is InChI=1S/C16H24N2O4S/c1-3-14(18-9-4-5-10-18)12-17-23(20,21)15-8-6-7-13(11-15)16(19)22-2/h6-8,11,14,17H,3-5,9-10,12H2,1-2H3/t14-/m1/s1. The molecule has 1 aliphatic heterocycles. The lowest BCUT2D eigenvalue weighted by molar-refractivity contribution is 0.0600. The predicted molar refractivity (Wildman–Crippen MR) is 87.9 cm³/mol. The molecule has 0 radical (unpaired) electrons. The van der Waals surface area contributed by atoms with Crippen LogP contribution in [0.25, 0.3) is 0 Å². The number of rotatable bonds is 7. The molecule has 1 aromatic rings. The number of hydrogen-bond acceptors (Lipinski definition) is 5. The van der Waals surface area contributed by atoms with E-state index >= 15 is 0 Å². The summed E-state index contributed by atoms with van der Waals surface area (Å²) in [7, 11) is -2.38. The number of benzene rings is 1. The number of ether oxygens (including phenoxy) is 1. The Morgan fingerprint density at radius 2 is 2.04 bits per heavy atom. The van der Waals surface area contributed by atoms with E-state index < -0.39 is 16.0 Å². The third-order valence-corrected chi connectivity index (χ3v) is 5.62. The molecule has 0 bridgehead atoms. The van der Waals surface area contributed by atoms with Gasteiger partial charge in [0.25, 0.3) is 0 Å². The molecule has 0 saturated carbocycles. The molecule has 0 aromatic heterocycles. The number of sulfonamides is 1. The fourth-order valence-corrected chi connectivity index (χ4v) is 3.95. The van der Waals surface area contributed by atoms with Crippen LogP contribution in [-0.4, -0.2) is 52.1 Å². The van der Waals surface area contributed by atoms with Gasteiger partial charge in [0.2, 0.25) is 10.0 Å². The molecule has 0 aliphatic carbocycles. The Balaban J connectivity index is 2.07. The van der Waals surface area contributed by atoms with Crippen molar-refractivity contribution < 1.29 is 17.9 Å². The van der Waals surface area contributed by atoms with Gasteiger partial charge in [-0.25, -0.2) is 17.9 Å². The minimum atomic E-state index is -3.64. The van der Waals surface area contributed by atoms with E-state index in [1.165, 1.54) is 38.2 Å². The van der Waals surface area contributed by atoms with Crippen LogP contribution >= 0.6 is 0 Å². The van der Waals surface area contributed by atoms with Crippen LogP contribution in [0.5, 0.6) is 0 Å². The van der Waals surface area contributed by atoms with E-state index in [1.807, 2.05) is 0 Å². The van der Waals surface area contributed by atoms with E-state index in [9.17, 15) is 13.2 Å². The Kier molecular flexibility index (Phi) is 6.15. The summed E-state index contributed by atoms with van der Waals surface area (Å²) in [4.78, 5) is 13.9. The van der Waals surface area contributed by atoms with Crippen LogP contribution in [0.15, 0.2) is 29.2 Å². The third kappa shape index (κ3) is 4.53. The summed E-state index contributed by atoms with van der Waals surface area (Å²) >= 11 is 0. The first kappa shape index (κ1) is 17.9. The second-order valence-corrected chi connectivity index (χ2v) is 7.44. The van der Waals surface area contributed by atoms with Crippen molar-refractivity contribution in [1.82, 2.24) is 9.62 Å². The van der Waals surface area contributed by atoms with Gasteiger partial charge < -0.3 is 4.74 Å². The largest absolute Gasteiger partial charge is 0.465 e. The van der Waals surface area contributed by atoms with E-state index in [2.05, 4.69) is 21.3 Å². The van der Waals surface area contributed by atoms with Gasteiger partial charge in [-0.05, 0) is 50.6 Å². The number of methoxy groups -OCH3 is 1. The molecule has 0 spiro atoms. The quantitative estimate of drug-likeness (QED) is 0.764. The van der Waals surface area contributed by atoms with Crippen molar-refractivity contribution in [2.45, 2.75) is 37.1 Å². The highest BCUT2D eigenvalue weighted by Crippen LogP contribution is 2.16. The van der Waals surface area contributed by atoms with Crippen molar-refractivity contribution >= 4 is 16.0 Å². The van der Waals surface area contributed by atoms with Crippen LogP contribution in [0.2, 0.25) is 0 Å². The number of nitrogens with one attached hydrogen (secondary N) is 1. The fourth-order valence-electron chi connectivity index (χ4n) is 2.84. The molecule has 1 saturated heterocycles. The van der Waals surface area contributed by atoms with Crippen LogP contribution in [0, 0.1) is 0 Å². The molecular formula is C16H24N2O4S. The molecule has 0 unspecified atom stereocenters. The summed E-state index contributed by atoms with van der Waals surface area (Å²) in [6, 6.07) is 6.09. The summed E-state index contributed by atoms with van der Waals surface area (Å²) in [5.41, 5.74) is 0.224. The topological polar surface area (TPSA) is 75.7 Å². The lowest BCUT2D eigenvalue weighted by atomic mass is 10.2. The minimum Gasteiger partial charge on any atom is -0.465 e. The highest BCUT2D eigenvalue weighted by Gasteiger charge is 2.23. The van der Waals surface area contributed by atoms with Crippen LogP contribution in [-0.2, 0) is 14.8 Å². The van der Waals surface area contributed by atoms with Gasteiger partial charge in [0.1, 0.15) is 0 Å². The minimum absolute atomic E-state index is 0.0803. The molecule has 0 amide bonds. The first-order valence-corrected chi connectivity index (χ1v) is 9.38. The number of esters is 1. The van der Waals surface area contributed by atoms with E-state index in [-0.39, 0.29) is 16.5 Å². The van der Waals surface area contributed by atoms with Gasteiger partial charge in [0.15, 0.2) is 0 Å². The van der Waals surface area contributed by atoms with Crippen molar-refractivity contribution in [3.63, 3.8) is 0 Å². The molecule has 1 fully saturated rings. The summed E-state index contributed by atoms with van der Waals surface area (Å²) < 4.78 is 32.2. The van der Waals surface area contributed by atoms with Crippen molar-refractivity contribution in [3.8, 4) is 0 Å². The first-order valence-electron chi connectivity index (χ1n) is 7.90. The Labute approximate surface area is 137 Å². The van der Waals surface area contributed by atoms with Gasteiger partial charge in [-0.1, -0.05) is 13.0 Å². The molecule has 6 nitrogen and oxygen atoms in total. The number of carbonyl (C=O) groups excluding carboxylic acids is 1. The molecule has 7 heteroatoms. The van der Waals surface area contributed by atoms with Gasteiger partial charge >= 0.3 is 5.97 Å². The average molecular weight is 340 g/mol. The van der Waals surface area contributed by atoms with Crippen molar-refractivity contribution in [2.24, 2.45) is 0 Å². The van der Waals surface area contributed by atoms with Crippen molar-refractivity contribution in [3.05, 3.63) is 29.8 Å². The lowest BCUT2D eigenvalue weighted by Crippen LogP contribution is -2.42. The predicted octanol–water partition coefficient (Wildman–Crippen LogP) is 1.63. The normalized spacial score (nSPS) is 17.1.